The van der Waals surface area contributed by atoms with E-state index in [1.54, 1.807) is 0 Å². The third kappa shape index (κ3) is 10.5. The zero-order chi connectivity index (χ0) is 22.9. The third-order valence-corrected chi connectivity index (χ3v) is 5.27. The molecular weight excluding hydrogens is 378 g/mol. The van der Waals surface area contributed by atoms with Gasteiger partial charge in [-0.05, 0) is 28.8 Å². The van der Waals surface area contributed by atoms with Crippen molar-refractivity contribution in [3.63, 3.8) is 0 Å². The predicted molar refractivity (Wildman–Crippen MR) is 139 cm³/mol. The molecule has 3 rings (SSSR count). The number of hydrogen-bond acceptors (Lipinski definition) is 3. The van der Waals surface area contributed by atoms with Crippen LogP contribution in [-0.4, -0.2) is 25.6 Å². The normalized spacial score (nSPS) is 12.3. The number of unbranched alkanes of at least 4 members (excludes halogenated alkanes) is 5. The highest BCUT2D eigenvalue weighted by atomic mass is 15.5. The molecule has 0 spiro atoms. The van der Waals surface area contributed by atoms with Gasteiger partial charge in [0.25, 0.3) is 0 Å². The van der Waals surface area contributed by atoms with Gasteiger partial charge in [-0.1, -0.05) is 109 Å². The molecule has 172 valence electrons. The summed E-state index contributed by atoms with van der Waals surface area (Å²) >= 11 is 0. The van der Waals surface area contributed by atoms with E-state index in [1.165, 1.54) is 60.9 Å². The lowest BCUT2D eigenvalue weighted by Crippen LogP contribution is -2.23. The van der Waals surface area contributed by atoms with E-state index in [0.29, 0.717) is 0 Å². The molecule has 0 radical (unpaired) electrons. The fraction of sp³-hybridized carbons (Fsp3) is 0.500. The number of rotatable bonds is 9. The van der Waals surface area contributed by atoms with Crippen molar-refractivity contribution in [2.24, 2.45) is 0 Å². The Morgan fingerprint density at radius 3 is 1.90 bits per heavy atom. The van der Waals surface area contributed by atoms with Gasteiger partial charge in [-0.25, -0.2) is 5.43 Å². The first-order valence-corrected chi connectivity index (χ1v) is 12.2. The van der Waals surface area contributed by atoms with Gasteiger partial charge in [0.2, 0.25) is 0 Å². The van der Waals surface area contributed by atoms with Gasteiger partial charge in [-0.15, -0.1) is 0 Å². The van der Waals surface area contributed by atoms with Crippen LogP contribution in [0.1, 0.15) is 77.3 Å². The van der Waals surface area contributed by atoms with Crippen LogP contribution in [0.15, 0.2) is 60.8 Å². The Morgan fingerprint density at radius 2 is 1.42 bits per heavy atom. The van der Waals surface area contributed by atoms with Crippen LogP contribution in [0.3, 0.4) is 0 Å². The smallest absolute Gasteiger partial charge is 0.0426 e. The summed E-state index contributed by atoms with van der Waals surface area (Å²) in [5.74, 6) is 0. The van der Waals surface area contributed by atoms with Crippen LogP contribution in [0.5, 0.6) is 0 Å². The van der Waals surface area contributed by atoms with Crippen LogP contribution < -0.4 is 10.3 Å². The molecule has 2 aromatic carbocycles. The van der Waals surface area contributed by atoms with Crippen LogP contribution in [-0.2, 0) is 6.54 Å². The fourth-order valence-corrected chi connectivity index (χ4v) is 3.44. The zero-order valence-corrected chi connectivity index (χ0v) is 20.8. The highest BCUT2D eigenvalue weighted by Gasteiger charge is 2.10. The van der Waals surface area contributed by atoms with E-state index in [0.717, 1.165) is 13.1 Å². The molecule has 0 atom stereocenters. The molecule has 31 heavy (non-hydrogen) atoms. The Labute approximate surface area is 192 Å². The van der Waals surface area contributed by atoms with Crippen LogP contribution in [0, 0.1) is 0 Å². The van der Waals surface area contributed by atoms with Crippen molar-refractivity contribution in [2.75, 3.05) is 25.5 Å². The largest absolute Gasteiger partial charge is 0.370 e. The van der Waals surface area contributed by atoms with Crippen LogP contribution >= 0.6 is 0 Å². The molecule has 0 aliphatic carbocycles. The Kier molecular flexibility index (Phi) is 14.2. The molecule has 0 aromatic heterocycles. The second-order valence-corrected chi connectivity index (χ2v) is 7.90. The molecule has 0 saturated heterocycles. The molecule has 2 aromatic rings. The summed E-state index contributed by atoms with van der Waals surface area (Å²) in [5.41, 5.74) is 8.44. The Bertz CT molecular complexity index is 701. The fourth-order valence-electron chi connectivity index (χ4n) is 3.44. The molecule has 0 bridgehead atoms. The van der Waals surface area contributed by atoms with Crippen molar-refractivity contribution in [1.82, 2.24) is 10.4 Å². The SMILES string of the molecule is CC.CCCCCCCC.CN1C=C(c2ccc(N(C)Cc3ccccc3)cc2)CN1. The molecule has 3 nitrogen and oxygen atoms in total. The van der Waals surface area contributed by atoms with Gasteiger partial charge in [0.05, 0.1) is 0 Å². The molecule has 3 heteroatoms. The van der Waals surface area contributed by atoms with E-state index in [2.05, 4.69) is 92.0 Å². The number of nitrogens with zero attached hydrogens (tertiary/aromatic N) is 2. The van der Waals surface area contributed by atoms with E-state index >= 15 is 0 Å². The summed E-state index contributed by atoms with van der Waals surface area (Å²) in [6.45, 7) is 10.3. The Hall–Kier alpha value is -2.26. The number of anilines is 1. The molecule has 0 fully saturated rings. The highest BCUT2D eigenvalue weighted by molar-refractivity contribution is 5.69. The van der Waals surface area contributed by atoms with E-state index in [9.17, 15) is 0 Å². The van der Waals surface area contributed by atoms with E-state index in [1.807, 2.05) is 25.9 Å². The van der Waals surface area contributed by atoms with Crippen molar-refractivity contribution in [1.29, 1.82) is 0 Å². The summed E-state index contributed by atoms with van der Waals surface area (Å²) < 4.78 is 0. The van der Waals surface area contributed by atoms with Gasteiger partial charge in [0.1, 0.15) is 0 Å². The molecule has 0 unspecified atom stereocenters. The number of hydrazine groups is 1. The summed E-state index contributed by atoms with van der Waals surface area (Å²) in [5, 5.41) is 2.00. The molecule has 0 amide bonds. The second kappa shape index (κ2) is 16.4. The van der Waals surface area contributed by atoms with Crippen LogP contribution in [0.4, 0.5) is 5.69 Å². The van der Waals surface area contributed by atoms with Crippen molar-refractivity contribution in [2.45, 2.75) is 72.8 Å². The molecule has 1 aliphatic rings. The van der Waals surface area contributed by atoms with Crippen LogP contribution in [0.2, 0.25) is 0 Å². The minimum atomic E-state index is 0.899. The van der Waals surface area contributed by atoms with Crippen molar-refractivity contribution < 1.29 is 0 Å². The topological polar surface area (TPSA) is 18.5 Å². The lowest BCUT2D eigenvalue weighted by Gasteiger charge is -2.19. The maximum atomic E-state index is 3.27. The predicted octanol–water partition coefficient (Wildman–Crippen LogP) is 7.51. The lowest BCUT2D eigenvalue weighted by molar-refractivity contribution is 0.374. The highest BCUT2D eigenvalue weighted by Crippen LogP contribution is 2.22. The average molecular weight is 424 g/mol. The average Bonchev–Trinajstić information content (AvgIpc) is 3.26. The monoisotopic (exact) mass is 423 g/mol. The molecule has 1 aliphatic heterocycles. The molecular formula is C28H45N3. The minimum Gasteiger partial charge on any atom is -0.370 e. The van der Waals surface area contributed by atoms with Crippen molar-refractivity contribution in [3.05, 3.63) is 71.9 Å². The maximum absolute atomic E-state index is 3.27. The summed E-state index contributed by atoms with van der Waals surface area (Å²) in [4.78, 5) is 2.27. The molecule has 1 N–H and O–H groups in total. The van der Waals surface area contributed by atoms with E-state index in [-0.39, 0.29) is 0 Å². The first-order valence-electron chi connectivity index (χ1n) is 12.2. The maximum Gasteiger partial charge on any atom is 0.0426 e. The van der Waals surface area contributed by atoms with Gasteiger partial charge < -0.3 is 9.91 Å². The number of benzene rings is 2. The standard InChI is InChI=1S/C18H21N3.C8H18.C2H6/c1-20(13-15-6-4-3-5-7-15)18-10-8-16(9-11-18)17-12-19-21(2)14-17;1-3-5-7-8-6-4-2;1-2/h3-11,14,19H,12-13H2,1-2H3;3-8H2,1-2H3;1-2H3. The molecule has 0 saturated carbocycles. The van der Waals surface area contributed by atoms with Gasteiger partial charge in [-0.2, -0.15) is 0 Å². The van der Waals surface area contributed by atoms with Gasteiger partial charge in [0.15, 0.2) is 0 Å². The third-order valence-electron chi connectivity index (χ3n) is 5.27. The minimum absolute atomic E-state index is 0.899. The van der Waals surface area contributed by atoms with Gasteiger partial charge in [0, 0.05) is 39.1 Å². The zero-order valence-electron chi connectivity index (χ0n) is 20.8. The Morgan fingerprint density at radius 1 is 0.839 bits per heavy atom. The van der Waals surface area contributed by atoms with Gasteiger partial charge >= 0.3 is 0 Å². The first kappa shape index (κ1) is 26.8. The summed E-state index contributed by atoms with van der Waals surface area (Å²) in [6, 6.07) is 19.3. The quantitative estimate of drug-likeness (QED) is 0.421. The van der Waals surface area contributed by atoms with E-state index in [4.69, 9.17) is 0 Å². The van der Waals surface area contributed by atoms with E-state index < -0.39 is 0 Å². The first-order chi connectivity index (χ1) is 15.1. The van der Waals surface area contributed by atoms with Crippen molar-refractivity contribution >= 4 is 11.3 Å². The van der Waals surface area contributed by atoms with Crippen LogP contribution in [0.25, 0.3) is 5.57 Å². The van der Waals surface area contributed by atoms with Crippen molar-refractivity contribution in [3.8, 4) is 0 Å². The lowest BCUT2D eigenvalue weighted by atomic mass is 10.1. The Balaban J connectivity index is 0.000000409. The molecule has 1 heterocycles. The second-order valence-electron chi connectivity index (χ2n) is 7.90. The summed E-state index contributed by atoms with van der Waals surface area (Å²) in [6.07, 6.45) is 10.6. The summed E-state index contributed by atoms with van der Waals surface area (Å²) in [7, 11) is 4.15. The van der Waals surface area contributed by atoms with Gasteiger partial charge in [-0.3, -0.25) is 0 Å². The number of nitrogens with one attached hydrogen (secondary N) is 1. The number of hydrogen-bond donors (Lipinski definition) is 1.